The molecule has 78 valence electrons. The van der Waals surface area contributed by atoms with E-state index in [-0.39, 0.29) is 0 Å². The summed E-state index contributed by atoms with van der Waals surface area (Å²) in [6, 6.07) is 0.682. The van der Waals surface area contributed by atoms with Crippen LogP contribution < -0.4 is 5.32 Å². The van der Waals surface area contributed by atoms with Crippen molar-refractivity contribution in [1.29, 1.82) is 0 Å². The highest BCUT2D eigenvalue weighted by molar-refractivity contribution is 7.07. The lowest BCUT2D eigenvalue weighted by atomic mass is 10.1. The Bertz CT molecular complexity index is 254. The van der Waals surface area contributed by atoms with E-state index in [0.717, 1.165) is 18.9 Å². The van der Waals surface area contributed by atoms with Gasteiger partial charge in [-0.05, 0) is 19.3 Å². The Morgan fingerprint density at radius 2 is 2.50 bits per heavy atom. The number of hydrogen-bond donors (Lipinski definition) is 1. The van der Waals surface area contributed by atoms with Crippen molar-refractivity contribution in [2.24, 2.45) is 5.92 Å². The maximum atomic E-state index is 4.26. The molecule has 0 bridgehead atoms. The summed E-state index contributed by atoms with van der Waals surface area (Å²) >= 11 is 1.68. The number of hydrogen-bond acceptors (Lipinski definition) is 3. The minimum atomic E-state index is 0.682. The molecular formula is C11H18N2S. The Labute approximate surface area is 89.8 Å². The van der Waals surface area contributed by atoms with Gasteiger partial charge in [-0.1, -0.05) is 12.8 Å². The van der Waals surface area contributed by atoms with Crippen molar-refractivity contribution in [2.75, 3.05) is 6.54 Å². The molecule has 0 aromatic carbocycles. The zero-order valence-electron chi connectivity index (χ0n) is 8.70. The molecule has 0 aliphatic heterocycles. The van der Waals surface area contributed by atoms with Crippen LogP contribution in [0.2, 0.25) is 0 Å². The summed E-state index contributed by atoms with van der Waals surface area (Å²) in [5.74, 6) is 1.02. The molecule has 1 saturated carbocycles. The fourth-order valence-corrected chi connectivity index (χ4v) is 2.34. The maximum absolute atomic E-state index is 4.26. The molecule has 0 radical (unpaired) electrons. The SMILES string of the molecule is CC(CC1CC1)NCCc1cscn1. The molecule has 2 nitrogen and oxygen atoms in total. The lowest BCUT2D eigenvalue weighted by Gasteiger charge is -2.12. The lowest BCUT2D eigenvalue weighted by molar-refractivity contribution is 0.490. The normalized spacial score (nSPS) is 18.4. The van der Waals surface area contributed by atoms with Gasteiger partial charge in [0, 0.05) is 24.4 Å². The van der Waals surface area contributed by atoms with Crippen molar-refractivity contribution in [3.05, 3.63) is 16.6 Å². The third-order valence-corrected chi connectivity index (χ3v) is 3.38. The van der Waals surface area contributed by atoms with E-state index in [9.17, 15) is 0 Å². The van der Waals surface area contributed by atoms with E-state index in [1.165, 1.54) is 25.0 Å². The number of aromatic nitrogens is 1. The number of rotatable bonds is 6. The summed E-state index contributed by atoms with van der Waals surface area (Å²) < 4.78 is 0. The molecule has 14 heavy (non-hydrogen) atoms. The van der Waals surface area contributed by atoms with Gasteiger partial charge in [0.05, 0.1) is 11.2 Å². The average molecular weight is 210 g/mol. The molecule has 0 amide bonds. The first-order chi connectivity index (χ1) is 6.84. The molecule has 1 aromatic heterocycles. The van der Waals surface area contributed by atoms with Crippen molar-refractivity contribution in [3.63, 3.8) is 0 Å². The molecule has 0 spiro atoms. The summed E-state index contributed by atoms with van der Waals surface area (Å²) in [6.07, 6.45) is 5.34. The summed E-state index contributed by atoms with van der Waals surface area (Å²) in [4.78, 5) is 4.26. The Hall–Kier alpha value is -0.410. The maximum Gasteiger partial charge on any atom is 0.0794 e. The zero-order valence-corrected chi connectivity index (χ0v) is 9.52. The minimum Gasteiger partial charge on any atom is -0.314 e. The molecule has 1 atom stereocenters. The lowest BCUT2D eigenvalue weighted by Crippen LogP contribution is -2.28. The van der Waals surface area contributed by atoms with Crippen molar-refractivity contribution in [1.82, 2.24) is 10.3 Å². The molecule has 1 unspecified atom stereocenters. The summed E-state index contributed by atoms with van der Waals surface area (Å²) in [6.45, 7) is 3.36. The van der Waals surface area contributed by atoms with Gasteiger partial charge in [-0.3, -0.25) is 0 Å². The van der Waals surface area contributed by atoms with Crippen LogP contribution in [0.25, 0.3) is 0 Å². The predicted molar refractivity (Wildman–Crippen MR) is 60.6 cm³/mol. The van der Waals surface area contributed by atoms with Crippen molar-refractivity contribution < 1.29 is 0 Å². The fourth-order valence-electron chi connectivity index (χ4n) is 1.74. The molecule has 1 fully saturated rings. The van der Waals surface area contributed by atoms with Gasteiger partial charge in [-0.2, -0.15) is 0 Å². The topological polar surface area (TPSA) is 24.9 Å². The van der Waals surface area contributed by atoms with Gasteiger partial charge in [0.25, 0.3) is 0 Å². The van der Waals surface area contributed by atoms with Gasteiger partial charge in [-0.25, -0.2) is 4.98 Å². The largest absolute Gasteiger partial charge is 0.314 e. The van der Waals surface area contributed by atoms with Gasteiger partial charge in [0.1, 0.15) is 0 Å². The van der Waals surface area contributed by atoms with Crippen LogP contribution in [0.5, 0.6) is 0 Å². The summed E-state index contributed by atoms with van der Waals surface area (Å²) in [7, 11) is 0. The van der Waals surface area contributed by atoms with E-state index in [1.807, 2.05) is 5.51 Å². The van der Waals surface area contributed by atoms with E-state index >= 15 is 0 Å². The van der Waals surface area contributed by atoms with Gasteiger partial charge in [0.2, 0.25) is 0 Å². The number of nitrogens with zero attached hydrogens (tertiary/aromatic N) is 1. The van der Waals surface area contributed by atoms with Gasteiger partial charge in [-0.15, -0.1) is 11.3 Å². The minimum absolute atomic E-state index is 0.682. The molecule has 1 aromatic rings. The molecular weight excluding hydrogens is 192 g/mol. The highest BCUT2D eigenvalue weighted by Crippen LogP contribution is 2.33. The predicted octanol–water partition coefficient (Wildman–Crippen LogP) is 2.46. The van der Waals surface area contributed by atoms with Gasteiger partial charge >= 0.3 is 0 Å². The third-order valence-electron chi connectivity index (χ3n) is 2.74. The summed E-state index contributed by atoms with van der Waals surface area (Å²) in [5.41, 5.74) is 3.13. The monoisotopic (exact) mass is 210 g/mol. The molecule has 2 rings (SSSR count). The highest BCUT2D eigenvalue weighted by Gasteiger charge is 2.23. The van der Waals surface area contributed by atoms with Gasteiger partial charge in [0.15, 0.2) is 0 Å². The molecule has 1 aliphatic rings. The average Bonchev–Trinajstić information content (AvgIpc) is 2.82. The van der Waals surface area contributed by atoms with Crippen LogP contribution in [0.4, 0.5) is 0 Å². The number of nitrogens with one attached hydrogen (secondary N) is 1. The second-order valence-corrected chi connectivity index (χ2v) is 4.98. The van der Waals surface area contributed by atoms with Crippen LogP contribution in [0.15, 0.2) is 10.9 Å². The first-order valence-corrected chi connectivity index (χ1v) is 6.39. The third kappa shape index (κ3) is 3.39. The van der Waals surface area contributed by atoms with Crippen LogP contribution in [0.1, 0.15) is 31.9 Å². The van der Waals surface area contributed by atoms with Crippen molar-refractivity contribution in [3.8, 4) is 0 Å². The molecule has 1 N–H and O–H groups in total. The Morgan fingerprint density at radius 1 is 1.64 bits per heavy atom. The molecule has 3 heteroatoms. The molecule has 0 saturated heterocycles. The van der Waals surface area contributed by atoms with E-state index in [2.05, 4.69) is 22.6 Å². The van der Waals surface area contributed by atoms with E-state index in [4.69, 9.17) is 0 Å². The highest BCUT2D eigenvalue weighted by atomic mass is 32.1. The van der Waals surface area contributed by atoms with Crippen LogP contribution >= 0.6 is 11.3 Å². The molecule has 1 heterocycles. The second kappa shape index (κ2) is 4.89. The first kappa shape index (κ1) is 10.1. The number of thiazole rings is 1. The van der Waals surface area contributed by atoms with Crippen LogP contribution in [-0.4, -0.2) is 17.6 Å². The van der Waals surface area contributed by atoms with Crippen molar-refractivity contribution >= 4 is 11.3 Å². The van der Waals surface area contributed by atoms with Crippen LogP contribution in [0, 0.1) is 5.92 Å². The van der Waals surface area contributed by atoms with E-state index < -0.39 is 0 Å². The first-order valence-electron chi connectivity index (χ1n) is 5.45. The Balaban J connectivity index is 1.57. The van der Waals surface area contributed by atoms with E-state index in [1.54, 1.807) is 11.3 Å². The smallest absolute Gasteiger partial charge is 0.0794 e. The Kier molecular flexibility index (Phi) is 3.54. The quantitative estimate of drug-likeness (QED) is 0.780. The Morgan fingerprint density at radius 3 is 3.14 bits per heavy atom. The van der Waals surface area contributed by atoms with Crippen LogP contribution in [0.3, 0.4) is 0 Å². The van der Waals surface area contributed by atoms with Gasteiger partial charge < -0.3 is 5.32 Å². The second-order valence-electron chi connectivity index (χ2n) is 4.26. The zero-order chi connectivity index (χ0) is 9.80. The van der Waals surface area contributed by atoms with E-state index in [0.29, 0.717) is 6.04 Å². The standard InChI is InChI=1S/C11H18N2S/c1-9(6-10-2-3-10)12-5-4-11-7-14-8-13-11/h7-10,12H,2-6H2,1H3. The van der Waals surface area contributed by atoms with Crippen LogP contribution in [-0.2, 0) is 6.42 Å². The van der Waals surface area contributed by atoms with Crippen molar-refractivity contribution in [2.45, 2.75) is 38.6 Å². The summed E-state index contributed by atoms with van der Waals surface area (Å²) in [5, 5.41) is 5.69. The molecule has 1 aliphatic carbocycles. The fraction of sp³-hybridized carbons (Fsp3) is 0.727.